The standard InChI is InChI=1S/C13H17BrFNO2/c1-3-6-16(9-13(17)18-2)8-10-4-5-11(15)7-12(10)14/h4-5,7H,3,6,8-9H2,1-2H3. The highest BCUT2D eigenvalue weighted by Gasteiger charge is 2.12. The highest BCUT2D eigenvalue weighted by atomic mass is 79.9. The lowest BCUT2D eigenvalue weighted by Gasteiger charge is -2.21. The van der Waals surface area contributed by atoms with E-state index >= 15 is 0 Å². The largest absolute Gasteiger partial charge is 0.468 e. The predicted molar refractivity (Wildman–Crippen MR) is 71.7 cm³/mol. The topological polar surface area (TPSA) is 29.5 Å². The Labute approximate surface area is 115 Å². The van der Waals surface area contributed by atoms with Crippen molar-refractivity contribution < 1.29 is 13.9 Å². The molecule has 0 spiro atoms. The minimum Gasteiger partial charge on any atom is -0.468 e. The fourth-order valence-corrected chi connectivity index (χ4v) is 2.14. The number of benzene rings is 1. The van der Waals surface area contributed by atoms with Gasteiger partial charge in [0, 0.05) is 11.0 Å². The third-order valence-electron chi connectivity index (χ3n) is 2.53. The average molecular weight is 318 g/mol. The van der Waals surface area contributed by atoms with Gasteiger partial charge < -0.3 is 4.74 Å². The first kappa shape index (κ1) is 15.1. The van der Waals surface area contributed by atoms with E-state index < -0.39 is 0 Å². The maximum Gasteiger partial charge on any atom is 0.319 e. The molecule has 0 bridgehead atoms. The summed E-state index contributed by atoms with van der Waals surface area (Å²) < 4.78 is 18.4. The van der Waals surface area contributed by atoms with E-state index in [2.05, 4.69) is 20.7 Å². The van der Waals surface area contributed by atoms with Crippen molar-refractivity contribution in [3.05, 3.63) is 34.1 Å². The average Bonchev–Trinajstić information content (AvgIpc) is 2.32. The Morgan fingerprint density at radius 3 is 2.78 bits per heavy atom. The van der Waals surface area contributed by atoms with E-state index in [4.69, 9.17) is 0 Å². The lowest BCUT2D eigenvalue weighted by Crippen LogP contribution is -2.31. The van der Waals surface area contributed by atoms with Crippen LogP contribution in [0.15, 0.2) is 22.7 Å². The van der Waals surface area contributed by atoms with Crippen molar-refractivity contribution in [2.45, 2.75) is 19.9 Å². The van der Waals surface area contributed by atoms with Crippen LogP contribution in [0.25, 0.3) is 0 Å². The van der Waals surface area contributed by atoms with Crippen molar-refractivity contribution in [1.82, 2.24) is 4.90 Å². The summed E-state index contributed by atoms with van der Waals surface area (Å²) in [5.74, 6) is -0.540. The Morgan fingerprint density at radius 2 is 2.22 bits per heavy atom. The van der Waals surface area contributed by atoms with Crippen molar-refractivity contribution in [2.24, 2.45) is 0 Å². The molecule has 1 aromatic rings. The van der Waals surface area contributed by atoms with E-state index in [1.165, 1.54) is 19.2 Å². The van der Waals surface area contributed by atoms with Gasteiger partial charge in [-0.15, -0.1) is 0 Å². The molecule has 0 unspecified atom stereocenters. The van der Waals surface area contributed by atoms with Crippen molar-refractivity contribution in [2.75, 3.05) is 20.2 Å². The molecule has 18 heavy (non-hydrogen) atoms. The number of methoxy groups -OCH3 is 1. The molecule has 0 aromatic heterocycles. The Balaban J connectivity index is 2.72. The number of nitrogens with zero attached hydrogens (tertiary/aromatic N) is 1. The van der Waals surface area contributed by atoms with Gasteiger partial charge in [-0.1, -0.05) is 28.9 Å². The molecule has 0 amide bonds. The number of carbonyl (C=O) groups is 1. The Bertz CT molecular complexity index is 412. The summed E-state index contributed by atoms with van der Waals surface area (Å²) in [6, 6.07) is 4.57. The fourth-order valence-electron chi connectivity index (χ4n) is 1.67. The lowest BCUT2D eigenvalue weighted by molar-refractivity contribution is -0.142. The molecule has 0 heterocycles. The van der Waals surface area contributed by atoms with E-state index in [0.29, 0.717) is 11.0 Å². The van der Waals surface area contributed by atoms with E-state index in [-0.39, 0.29) is 18.3 Å². The molecule has 3 nitrogen and oxygen atoms in total. The van der Waals surface area contributed by atoms with Crippen LogP contribution >= 0.6 is 15.9 Å². The first-order valence-electron chi connectivity index (χ1n) is 5.80. The maximum absolute atomic E-state index is 13.0. The molecule has 0 N–H and O–H groups in total. The summed E-state index contributed by atoms with van der Waals surface area (Å²) in [5, 5.41) is 0. The second kappa shape index (κ2) is 7.48. The summed E-state index contributed by atoms with van der Waals surface area (Å²) in [5.41, 5.74) is 0.953. The summed E-state index contributed by atoms with van der Waals surface area (Å²) >= 11 is 3.33. The van der Waals surface area contributed by atoms with Crippen LogP contribution in [0.5, 0.6) is 0 Å². The summed E-state index contributed by atoms with van der Waals surface area (Å²) in [6.45, 7) is 3.67. The molecule has 1 aromatic carbocycles. The van der Waals surface area contributed by atoms with Gasteiger partial charge in [0.15, 0.2) is 0 Å². The molecular weight excluding hydrogens is 301 g/mol. The quantitative estimate of drug-likeness (QED) is 0.755. The number of halogens is 2. The first-order chi connectivity index (χ1) is 8.56. The second-order valence-electron chi connectivity index (χ2n) is 4.02. The number of rotatable bonds is 6. The zero-order chi connectivity index (χ0) is 13.5. The van der Waals surface area contributed by atoms with Crippen LogP contribution in [-0.2, 0) is 16.1 Å². The molecule has 0 atom stereocenters. The Morgan fingerprint density at radius 1 is 1.50 bits per heavy atom. The smallest absolute Gasteiger partial charge is 0.319 e. The number of hydrogen-bond donors (Lipinski definition) is 0. The van der Waals surface area contributed by atoms with Crippen molar-refractivity contribution >= 4 is 21.9 Å². The normalized spacial score (nSPS) is 10.7. The minimum atomic E-state index is -0.277. The van der Waals surface area contributed by atoms with Crippen LogP contribution in [0.4, 0.5) is 4.39 Å². The van der Waals surface area contributed by atoms with Crippen LogP contribution in [0.1, 0.15) is 18.9 Å². The van der Waals surface area contributed by atoms with Gasteiger partial charge in [-0.2, -0.15) is 0 Å². The number of esters is 1. The van der Waals surface area contributed by atoms with Crippen molar-refractivity contribution in [1.29, 1.82) is 0 Å². The van der Waals surface area contributed by atoms with Crippen LogP contribution < -0.4 is 0 Å². The van der Waals surface area contributed by atoms with Gasteiger partial charge in [0.2, 0.25) is 0 Å². The predicted octanol–water partition coefficient (Wildman–Crippen LogP) is 2.97. The number of carbonyl (C=O) groups excluding carboxylic acids is 1. The van der Waals surface area contributed by atoms with Gasteiger partial charge in [-0.3, -0.25) is 9.69 Å². The Kier molecular flexibility index (Phi) is 6.29. The van der Waals surface area contributed by atoms with E-state index in [0.717, 1.165) is 18.5 Å². The third-order valence-corrected chi connectivity index (χ3v) is 3.27. The maximum atomic E-state index is 13.0. The van der Waals surface area contributed by atoms with Crippen LogP contribution in [0.3, 0.4) is 0 Å². The number of ether oxygens (including phenoxy) is 1. The molecule has 0 radical (unpaired) electrons. The zero-order valence-electron chi connectivity index (χ0n) is 10.6. The Hall–Kier alpha value is -0.940. The molecule has 0 saturated heterocycles. The third kappa shape index (κ3) is 4.74. The zero-order valence-corrected chi connectivity index (χ0v) is 12.2. The molecular formula is C13H17BrFNO2. The number of hydrogen-bond acceptors (Lipinski definition) is 3. The summed E-state index contributed by atoms with van der Waals surface area (Å²) in [7, 11) is 1.38. The van der Waals surface area contributed by atoms with Crippen LogP contribution in [0, 0.1) is 5.82 Å². The fraction of sp³-hybridized carbons (Fsp3) is 0.462. The molecule has 100 valence electrons. The van der Waals surface area contributed by atoms with E-state index in [9.17, 15) is 9.18 Å². The van der Waals surface area contributed by atoms with Gasteiger partial charge in [-0.25, -0.2) is 4.39 Å². The van der Waals surface area contributed by atoms with Crippen molar-refractivity contribution in [3.8, 4) is 0 Å². The highest BCUT2D eigenvalue weighted by molar-refractivity contribution is 9.10. The molecule has 0 saturated carbocycles. The first-order valence-corrected chi connectivity index (χ1v) is 6.59. The molecule has 0 aliphatic rings. The van der Waals surface area contributed by atoms with Gasteiger partial charge in [0.1, 0.15) is 5.82 Å². The van der Waals surface area contributed by atoms with Crippen molar-refractivity contribution in [3.63, 3.8) is 0 Å². The van der Waals surface area contributed by atoms with E-state index in [1.807, 2.05) is 11.8 Å². The van der Waals surface area contributed by atoms with Gasteiger partial charge >= 0.3 is 5.97 Å². The van der Waals surface area contributed by atoms with Gasteiger partial charge in [-0.05, 0) is 30.7 Å². The second-order valence-corrected chi connectivity index (χ2v) is 4.88. The summed E-state index contributed by atoms with van der Waals surface area (Å²) in [4.78, 5) is 13.3. The molecule has 0 aliphatic carbocycles. The molecule has 5 heteroatoms. The van der Waals surface area contributed by atoms with Gasteiger partial charge in [0.05, 0.1) is 13.7 Å². The molecule has 1 rings (SSSR count). The summed E-state index contributed by atoms with van der Waals surface area (Å²) in [6.07, 6.45) is 0.940. The van der Waals surface area contributed by atoms with E-state index in [1.54, 1.807) is 6.07 Å². The minimum absolute atomic E-state index is 0.244. The van der Waals surface area contributed by atoms with Crippen LogP contribution in [-0.4, -0.2) is 31.1 Å². The SMILES string of the molecule is CCCN(CC(=O)OC)Cc1ccc(F)cc1Br. The van der Waals surface area contributed by atoms with Crippen LogP contribution in [0.2, 0.25) is 0 Å². The molecule has 0 aliphatic heterocycles. The highest BCUT2D eigenvalue weighted by Crippen LogP contribution is 2.19. The molecule has 0 fully saturated rings. The monoisotopic (exact) mass is 317 g/mol. The lowest BCUT2D eigenvalue weighted by atomic mass is 10.2. The van der Waals surface area contributed by atoms with Gasteiger partial charge in [0.25, 0.3) is 0 Å².